The first-order chi connectivity index (χ1) is 13.7. The molecular formula is C20H15N5O2S. The average molecular weight is 389 g/mol. The molecule has 0 spiro atoms. The molecule has 8 heteroatoms. The lowest BCUT2D eigenvalue weighted by Crippen LogP contribution is -2.00. The van der Waals surface area contributed by atoms with Crippen LogP contribution in [0.4, 0.5) is 5.69 Å². The average Bonchev–Trinajstić information content (AvgIpc) is 3.19. The van der Waals surface area contributed by atoms with Crippen LogP contribution < -0.4 is 0 Å². The molecule has 0 aliphatic rings. The molecule has 0 N–H and O–H groups in total. The van der Waals surface area contributed by atoms with Gasteiger partial charge in [0.25, 0.3) is 5.69 Å². The largest absolute Gasteiger partial charge is 0.276 e. The number of hydrogen-bond donors (Lipinski definition) is 0. The Morgan fingerprint density at radius 1 is 1.04 bits per heavy atom. The van der Waals surface area contributed by atoms with E-state index < -0.39 is 0 Å². The number of nitrogens with zero attached hydrogens (tertiary/aromatic N) is 5. The molecule has 4 rings (SSSR count). The zero-order valence-electron chi connectivity index (χ0n) is 14.7. The van der Waals surface area contributed by atoms with Gasteiger partial charge in [0.05, 0.1) is 16.2 Å². The van der Waals surface area contributed by atoms with E-state index in [1.165, 1.54) is 17.8 Å². The second-order valence-electron chi connectivity index (χ2n) is 5.90. The van der Waals surface area contributed by atoms with E-state index in [-0.39, 0.29) is 10.6 Å². The summed E-state index contributed by atoms with van der Waals surface area (Å²) in [4.78, 5) is 10.7. The Hall–Kier alpha value is -3.52. The summed E-state index contributed by atoms with van der Waals surface area (Å²) in [7, 11) is 0. The highest BCUT2D eigenvalue weighted by molar-refractivity contribution is 7.99. The van der Waals surface area contributed by atoms with Gasteiger partial charge in [0, 0.05) is 17.2 Å². The van der Waals surface area contributed by atoms with Crippen LogP contribution in [-0.2, 0) is 0 Å². The van der Waals surface area contributed by atoms with E-state index in [1.807, 2.05) is 48.5 Å². The Kier molecular flexibility index (Phi) is 5.11. The van der Waals surface area contributed by atoms with Crippen molar-refractivity contribution < 1.29 is 4.92 Å². The Labute approximate surface area is 164 Å². The van der Waals surface area contributed by atoms with Crippen molar-refractivity contribution in [2.75, 3.05) is 5.75 Å². The SMILES string of the molecule is O=[N+]([O-])c1ccccc1/C=C/CSc1nnnn1-c1cccc2ccccc12. The molecule has 28 heavy (non-hydrogen) atoms. The molecule has 0 aliphatic heterocycles. The van der Waals surface area contributed by atoms with E-state index in [0.29, 0.717) is 16.5 Å². The van der Waals surface area contributed by atoms with Gasteiger partial charge in [0.15, 0.2) is 0 Å². The number of tetrazole rings is 1. The third kappa shape index (κ3) is 3.63. The van der Waals surface area contributed by atoms with E-state index in [9.17, 15) is 10.1 Å². The second kappa shape index (κ2) is 8.01. The minimum absolute atomic E-state index is 0.0874. The Morgan fingerprint density at radius 3 is 2.71 bits per heavy atom. The zero-order chi connectivity index (χ0) is 19.3. The van der Waals surface area contributed by atoms with Gasteiger partial charge in [0.1, 0.15) is 0 Å². The van der Waals surface area contributed by atoms with Gasteiger partial charge in [-0.1, -0.05) is 72.4 Å². The van der Waals surface area contributed by atoms with Gasteiger partial charge < -0.3 is 0 Å². The Balaban J connectivity index is 1.54. The van der Waals surface area contributed by atoms with Gasteiger partial charge in [-0.25, -0.2) is 0 Å². The van der Waals surface area contributed by atoms with Crippen molar-refractivity contribution in [2.45, 2.75) is 5.16 Å². The summed E-state index contributed by atoms with van der Waals surface area (Å²) in [5.41, 5.74) is 1.57. The van der Waals surface area contributed by atoms with E-state index >= 15 is 0 Å². The van der Waals surface area contributed by atoms with E-state index in [1.54, 1.807) is 29.0 Å². The van der Waals surface area contributed by atoms with Crippen molar-refractivity contribution in [3.63, 3.8) is 0 Å². The number of thioether (sulfide) groups is 1. The van der Waals surface area contributed by atoms with E-state index in [2.05, 4.69) is 15.5 Å². The van der Waals surface area contributed by atoms with Gasteiger partial charge in [-0.05, 0) is 27.9 Å². The highest BCUT2D eigenvalue weighted by atomic mass is 32.2. The maximum Gasteiger partial charge on any atom is 0.276 e. The smallest absolute Gasteiger partial charge is 0.258 e. The summed E-state index contributed by atoms with van der Waals surface area (Å²) in [6.07, 6.45) is 3.62. The van der Waals surface area contributed by atoms with Crippen LogP contribution in [0.15, 0.2) is 78.0 Å². The van der Waals surface area contributed by atoms with Crippen molar-refractivity contribution in [1.82, 2.24) is 20.2 Å². The van der Waals surface area contributed by atoms with Crippen molar-refractivity contribution >= 4 is 34.3 Å². The fourth-order valence-corrected chi connectivity index (χ4v) is 3.60. The summed E-state index contributed by atoms with van der Waals surface area (Å²) in [5.74, 6) is 0.581. The van der Waals surface area contributed by atoms with Crippen LogP contribution in [-0.4, -0.2) is 30.9 Å². The number of benzene rings is 3. The maximum absolute atomic E-state index is 11.1. The molecule has 1 aromatic heterocycles. The van der Waals surface area contributed by atoms with Crippen LogP contribution >= 0.6 is 11.8 Å². The van der Waals surface area contributed by atoms with Gasteiger partial charge in [0.2, 0.25) is 5.16 Å². The first-order valence-electron chi connectivity index (χ1n) is 8.53. The molecule has 1 heterocycles. The summed E-state index contributed by atoms with van der Waals surface area (Å²) in [6, 6.07) is 20.7. The molecule has 0 saturated heterocycles. The lowest BCUT2D eigenvalue weighted by Gasteiger charge is -2.07. The normalized spacial score (nSPS) is 11.3. The fraction of sp³-hybridized carbons (Fsp3) is 0.0500. The first kappa shape index (κ1) is 17.9. The fourth-order valence-electron chi connectivity index (χ4n) is 2.91. The van der Waals surface area contributed by atoms with Crippen molar-refractivity contribution in [3.8, 4) is 5.69 Å². The maximum atomic E-state index is 11.1. The number of hydrogen-bond acceptors (Lipinski definition) is 6. The molecule has 0 unspecified atom stereocenters. The summed E-state index contributed by atoms with van der Waals surface area (Å²) in [6.45, 7) is 0. The standard InChI is InChI=1S/C20H15N5O2S/c26-25(27)18-12-4-2-8-16(18)10-6-14-28-20-21-22-23-24(20)19-13-5-9-15-7-1-3-11-17(15)19/h1-13H,14H2/b10-6+. The highest BCUT2D eigenvalue weighted by Crippen LogP contribution is 2.25. The quantitative estimate of drug-likeness (QED) is 0.274. The molecule has 3 aromatic carbocycles. The predicted octanol–water partition coefficient (Wildman–Crippen LogP) is 4.53. The van der Waals surface area contributed by atoms with Crippen LogP contribution in [0.25, 0.3) is 22.5 Å². The summed E-state index contributed by atoms with van der Waals surface area (Å²) >= 11 is 1.46. The van der Waals surface area contributed by atoms with Gasteiger partial charge in [-0.3, -0.25) is 10.1 Å². The van der Waals surface area contributed by atoms with Gasteiger partial charge >= 0.3 is 0 Å². The van der Waals surface area contributed by atoms with Crippen LogP contribution in [0.3, 0.4) is 0 Å². The molecule has 0 atom stereocenters. The van der Waals surface area contributed by atoms with Gasteiger partial charge in [-0.2, -0.15) is 4.68 Å². The highest BCUT2D eigenvalue weighted by Gasteiger charge is 2.12. The molecule has 138 valence electrons. The second-order valence-corrected chi connectivity index (χ2v) is 6.89. The number of nitro groups is 1. The molecule has 0 saturated carbocycles. The first-order valence-corrected chi connectivity index (χ1v) is 9.52. The van der Waals surface area contributed by atoms with Crippen molar-refractivity contribution in [3.05, 3.63) is 88.5 Å². The third-order valence-electron chi connectivity index (χ3n) is 4.18. The molecule has 0 amide bonds. The topological polar surface area (TPSA) is 86.7 Å². The lowest BCUT2D eigenvalue weighted by atomic mass is 10.1. The Morgan fingerprint density at radius 2 is 1.82 bits per heavy atom. The summed E-state index contributed by atoms with van der Waals surface area (Å²) in [5, 5.41) is 26.0. The predicted molar refractivity (Wildman–Crippen MR) is 110 cm³/mol. The minimum atomic E-state index is -0.381. The molecule has 0 radical (unpaired) electrons. The Bertz CT molecular complexity index is 1170. The minimum Gasteiger partial charge on any atom is -0.258 e. The zero-order valence-corrected chi connectivity index (χ0v) is 15.5. The number of rotatable bonds is 6. The number of aromatic nitrogens is 4. The van der Waals surface area contributed by atoms with Crippen LogP contribution in [0, 0.1) is 10.1 Å². The monoisotopic (exact) mass is 389 g/mol. The molecule has 0 bridgehead atoms. The van der Waals surface area contributed by atoms with Crippen LogP contribution in [0.1, 0.15) is 5.56 Å². The van der Waals surface area contributed by atoms with Gasteiger partial charge in [-0.15, -0.1) is 5.10 Å². The molecule has 0 aliphatic carbocycles. The van der Waals surface area contributed by atoms with Crippen LogP contribution in [0.2, 0.25) is 0 Å². The lowest BCUT2D eigenvalue weighted by molar-refractivity contribution is -0.385. The molecule has 7 nitrogen and oxygen atoms in total. The van der Waals surface area contributed by atoms with E-state index in [0.717, 1.165) is 16.5 Å². The number of para-hydroxylation sites is 1. The molecule has 0 fully saturated rings. The number of fused-ring (bicyclic) bond motifs is 1. The van der Waals surface area contributed by atoms with Crippen LogP contribution in [0.5, 0.6) is 0 Å². The summed E-state index contributed by atoms with van der Waals surface area (Å²) < 4.78 is 1.71. The third-order valence-corrected chi connectivity index (χ3v) is 5.05. The van der Waals surface area contributed by atoms with Crippen molar-refractivity contribution in [1.29, 1.82) is 0 Å². The molecule has 4 aromatic rings. The van der Waals surface area contributed by atoms with E-state index in [4.69, 9.17) is 0 Å². The van der Waals surface area contributed by atoms with Crippen molar-refractivity contribution in [2.24, 2.45) is 0 Å². The molecular weight excluding hydrogens is 374 g/mol. The number of nitro benzene ring substituents is 1.